The van der Waals surface area contributed by atoms with Gasteiger partial charge in [-0.1, -0.05) is 48.3 Å². The summed E-state index contributed by atoms with van der Waals surface area (Å²) in [6, 6.07) is 9.40. The van der Waals surface area contributed by atoms with E-state index < -0.39 is 0 Å². The van der Waals surface area contributed by atoms with Crippen LogP contribution < -0.4 is 10.1 Å². The van der Waals surface area contributed by atoms with Crippen LogP contribution in [0.3, 0.4) is 0 Å². The van der Waals surface area contributed by atoms with E-state index >= 15 is 0 Å². The third kappa shape index (κ3) is 3.67. The van der Waals surface area contributed by atoms with Crippen molar-refractivity contribution in [3.8, 4) is 5.88 Å². The number of hydrogen-bond donors (Lipinski definition) is 1. The maximum absolute atomic E-state index is 6.38. The van der Waals surface area contributed by atoms with Crippen molar-refractivity contribution < 1.29 is 4.74 Å². The van der Waals surface area contributed by atoms with Gasteiger partial charge in [0.05, 0.1) is 23.2 Å². The molecule has 5 heteroatoms. The molecule has 0 aliphatic carbocycles. The van der Waals surface area contributed by atoms with E-state index in [4.69, 9.17) is 27.9 Å². The molecular formula is C16H18Cl2N2O. The molecule has 1 N–H and O–H groups in total. The van der Waals surface area contributed by atoms with Gasteiger partial charge in [-0.25, -0.2) is 4.98 Å². The summed E-state index contributed by atoms with van der Waals surface area (Å²) in [5.74, 6) is 0.585. The predicted octanol–water partition coefficient (Wildman–Crippen LogP) is 4.49. The van der Waals surface area contributed by atoms with E-state index in [0.29, 0.717) is 15.9 Å². The molecule has 1 unspecified atom stereocenters. The van der Waals surface area contributed by atoms with Crippen molar-refractivity contribution in [3.05, 3.63) is 57.7 Å². The maximum Gasteiger partial charge on any atom is 0.218 e. The van der Waals surface area contributed by atoms with Crippen LogP contribution in [0.2, 0.25) is 10.0 Å². The minimum absolute atomic E-state index is 0.111. The Balaban J connectivity index is 2.50. The molecule has 3 nitrogen and oxygen atoms in total. The summed E-state index contributed by atoms with van der Waals surface area (Å²) in [6.45, 7) is 2.97. The lowest BCUT2D eigenvalue weighted by Gasteiger charge is -2.22. The molecule has 2 rings (SSSR count). The highest BCUT2D eigenvalue weighted by Gasteiger charge is 2.21. The van der Waals surface area contributed by atoms with E-state index in [1.54, 1.807) is 19.4 Å². The molecule has 0 bridgehead atoms. The van der Waals surface area contributed by atoms with E-state index in [1.807, 2.05) is 24.3 Å². The molecule has 0 spiro atoms. The summed E-state index contributed by atoms with van der Waals surface area (Å²) in [7, 11) is 1.61. The highest BCUT2D eigenvalue weighted by Crippen LogP contribution is 2.35. The quantitative estimate of drug-likeness (QED) is 0.850. The van der Waals surface area contributed by atoms with Gasteiger partial charge in [0, 0.05) is 11.8 Å². The van der Waals surface area contributed by atoms with Crippen LogP contribution in [0, 0.1) is 0 Å². The summed E-state index contributed by atoms with van der Waals surface area (Å²) in [5.41, 5.74) is 1.86. The van der Waals surface area contributed by atoms with Crippen LogP contribution in [-0.4, -0.2) is 18.6 Å². The molecule has 1 atom stereocenters. The van der Waals surface area contributed by atoms with Crippen LogP contribution >= 0.6 is 23.2 Å². The molecular weight excluding hydrogens is 307 g/mol. The number of aromatic nitrogens is 1. The third-order valence-corrected chi connectivity index (χ3v) is 4.03. The highest BCUT2D eigenvalue weighted by atomic mass is 35.5. The molecule has 21 heavy (non-hydrogen) atoms. The summed E-state index contributed by atoms with van der Waals surface area (Å²) >= 11 is 12.5. The average Bonchev–Trinajstić information content (AvgIpc) is 2.52. The van der Waals surface area contributed by atoms with Crippen LogP contribution in [0.4, 0.5) is 0 Å². The fourth-order valence-electron chi connectivity index (χ4n) is 2.21. The molecule has 1 aromatic heterocycles. The zero-order valence-electron chi connectivity index (χ0n) is 12.1. The topological polar surface area (TPSA) is 34.2 Å². The SMILES string of the molecule is CCCNC(c1cccnc1OC)c1cccc(Cl)c1Cl. The molecule has 0 aliphatic heterocycles. The maximum atomic E-state index is 6.38. The van der Waals surface area contributed by atoms with Crippen molar-refractivity contribution >= 4 is 23.2 Å². The Morgan fingerprint density at radius 3 is 2.67 bits per heavy atom. The molecule has 0 fully saturated rings. The van der Waals surface area contributed by atoms with Crippen molar-refractivity contribution in [1.82, 2.24) is 10.3 Å². The largest absolute Gasteiger partial charge is 0.481 e. The van der Waals surface area contributed by atoms with Crippen LogP contribution in [0.25, 0.3) is 0 Å². The second-order valence-corrected chi connectivity index (χ2v) is 5.42. The van der Waals surface area contributed by atoms with E-state index in [0.717, 1.165) is 24.1 Å². The van der Waals surface area contributed by atoms with E-state index in [9.17, 15) is 0 Å². The van der Waals surface area contributed by atoms with Crippen LogP contribution in [-0.2, 0) is 0 Å². The normalized spacial score (nSPS) is 12.2. The van der Waals surface area contributed by atoms with Gasteiger partial charge in [0.2, 0.25) is 5.88 Å². The average molecular weight is 325 g/mol. The summed E-state index contributed by atoms with van der Waals surface area (Å²) in [4.78, 5) is 4.27. The first-order valence-corrected chi connectivity index (χ1v) is 7.60. The summed E-state index contributed by atoms with van der Waals surface area (Å²) < 4.78 is 5.37. The van der Waals surface area contributed by atoms with Gasteiger partial charge in [-0.15, -0.1) is 0 Å². The molecule has 0 saturated heterocycles. The summed E-state index contributed by atoms with van der Waals surface area (Å²) in [5, 5.41) is 4.58. The van der Waals surface area contributed by atoms with Gasteiger partial charge in [-0.3, -0.25) is 0 Å². The van der Waals surface area contributed by atoms with Gasteiger partial charge < -0.3 is 10.1 Å². The first-order chi connectivity index (χ1) is 10.2. The second kappa shape index (κ2) is 7.64. The van der Waals surface area contributed by atoms with Crippen molar-refractivity contribution in [1.29, 1.82) is 0 Å². The van der Waals surface area contributed by atoms with Gasteiger partial charge in [0.25, 0.3) is 0 Å². The number of rotatable bonds is 6. The number of halogens is 2. The lowest BCUT2D eigenvalue weighted by molar-refractivity contribution is 0.387. The minimum atomic E-state index is -0.111. The van der Waals surface area contributed by atoms with Crippen LogP contribution in [0.1, 0.15) is 30.5 Å². The lowest BCUT2D eigenvalue weighted by Crippen LogP contribution is -2.24. The molecule has 2 aromatic rings. The molecule has 1 aromatic carbocycles. The van der Waals surface area contributed by atoms with Crippen molar-refractivity contribution in [2.45, 2.75) is 19.4 Å². The number of pyridine rings is 1. The number of benzene rings is 1. The van der Waals surface area contributed by atoms with Gasteiger partial charge in [0.15, 0.2) is 0 Å². The number of nitrogens with one attached hydrogen (secondary N) is 1. The molecule has 0 saturated carbocycles. The number of ether oxygens (including phenoxy) is 1. The molecule has 0 amide bonds. The van der Waals surface area contributed by atoms with Crippen molar-refractivity contribution in [2.75, 3.05) is 13.7 Å². The smallest absolute Gasteiger partial charge is 0.218 e. The number of methoxy groups -OCH3 is 1. The first kappa shape index (κ1) is 16.1. The van der Waals surface area contributed by atoms with Crippen LogP contribution in [0.15, 0.2) is 36.5 Å². The van der Waals surface area contributed by atoms with Gasteiger partial charge in [-0.2, -0.15) is 0 Å². The Morgan fingerprint density at radius 2 is 1.95 bits per heavy atom. The van der Waals surface area contributed by atoms with Crippen LogP contribution in [0.5, 0.6) is 5.88 Å². The van der Waals surface area contributed by atoms with E-state index in [1.165, 1.54) is 0 Å². The van der Waals surface area contributed by atoms with E-state index in [-0.39, 0.29) is 6.04 Å². The van der Waals surface area contributed by atoms with Gasteiger partial charge in [-0.05, 0) is 30.7 Å². The highest BCUT2D eigenvalue weighted by molar-refractivity contribution is 6.42. The Kier molecular flexibility index (Phi) is 5.85. The van der Waals surface area contributed by atoms with Gasteiger partial charge in [0.1, 0.15) is 0 Å². The fraction of sp³-hybridized carbons (Fsp3) is 0.312. The second-order valence-electron chi connectivity index (χ2n) is 4.63. The van der Waals surface area contributed by atoms with E-state index in [2.05, 4.69) is 17.2 Å². The number of nitrogens with zero attached hydrogens (tertiary/aromatic N) is 1. The van der Waals surface area contributed by atoms with Crippen molar-refractivity contribution in [3.63, 3.8) is 0 Å². The van der Waals surface area contributed by atoms with Crippen molar-refractivity contribution in [2.24, 2.45) is 0 Å². The Labute approximate surface area is 135 Å². The summed E-state index contributed by atoms with van der Waals surface area (Å²) in [6.07, 6.45) is 2.72. The lowest BCUT2D eigenvalue weighted by atomic mass is 9.99. The van der Waals surface area contributed by atoms with Gasteiger partial charge >= 0.3 is 0 Å². The zero-order chi connectivity index (χ0) is 15.2. The predicted molar refractivity (Wildman–Crippen MR) is 87.4 cm³/mol. The molecule has 0 aliphatic rings. The monoisotopic (exact) mass is 324 g/mol. The standard InChI is InChI=1S/C16H18Cl2N2O/c1-3-9-19-15(11-6-4-8-13(17)14(11)18)12-7-5-10-20-16(12)21-2/h4-8,10,15,19H,3,9H2,1-2H3. The third-order valence-electron chi connectivity index (χ3n) is 3.20. The Morgan fingerprint density at radius 1 is 1.19 bits per heavy atom. The fourth-order valence-corrected chi connectivity index (χ4v) is 2.63. The Bertz CT molecular complexity index is 605. The Hall–Kier alpha value is -1.29. The first-order valence-electron chi connectivity index (χ1n) is 6.85. The molecule has 0 radical (unpaired) electrons. The molecule has 1 heterocycles. The zero-order valence-corrected chi connectivity index (χ0v) is 13.6. The minimum Gasteiger partial charge on any atom is -0.481 e. The molecule has 112 valence electrons. The number of hydrogen-bond acceptors (Lipinski definition) is 3.